The largest absolute Gasteiger partial charge is 0.694 e. The van der Waals surface area contributed by atoms with E-state index in [4.69, 9.17) is 40.1 Å². The Morgan fingerprint density at radius 1 is 1.06 bits per heavy atom. The van der Waals surface area contributed by atoms with Crippen molar-refractivity contribution in [2.45, 2.75) is 87.9 Å². The first-order valence-electron chi connectivity index (χ1n) is 15.9. The number of nitrogens with two attached hydrogens (primary N) is 3. The first-order chi connectivity index (χ1) is 24.3. The fourth-order valence-corrected chi connectivity index (χ4v) is 8.45. The molecule has 0 spiro atoms. The van der Waals surface area contributed by atoms with Gasteiger partial charge in [-0.1, -0.05) is 20.8 Å². The lowest BCUT2D eigenvalue weighted by Gasteiger charge is -2.41. The molecule has 0 aliphatic carbocycles. The van der Waals surface area contributed by atoms with Crippen LogP contribution in [0.1, 0.15) is 33.2 Å². The Labute approximate surface area is 296 Å². The molecule has 6 rings (SSSR count). The van der Waals surface area contributed by atoms with Gasteiger partial charge in [0.05, 0.1) is 31.3 Å². The molecule has 2 aliphatic heterocycles. The van der Waals surface area contributed by atoms with E-state index in [-0.39, 0.29) is 39.1 Å². The van der Waals surface area contributed by atoms with Crippen molar-refractivity contribution in [3.05, 3.63) is 29.3 Å². The zero-order valence-corrected chi connectivity index (χ0v) is 31.4. The maximum absolute atomic E-state index is 13.8. The molecule has 2 fully saturated rings. The summed E-state index contributed by atoms with van der Waals surface area (Å²) in [4.78, 5) is 56.3. The summed E-state index contributed by atoms with van der Waals surface area (Å²) in [7, 11) is -10.7. The third-order valence-corrected chi connectivity index (χ3v) is 15.4. The topological polar surface area (TPSA) is 338 Å². The standard InChI is InChI=1S/C26H40N12O11P2Si/c1-26(2,3)52(4,5)49-18-14(12(6-45-50(41)42)48-24(18)38-10-33-16-21(38)34-25(29)35-22(16)40)36-51(43,44)46-7-11-13(27)17(39)23(47-11)37-9-32-15-19(28)30-8-31-20(15)37/h8-14,17-18,23-24,39H,6-7,27H2,1-5H3,(H7-,28,29,30,31,34,35,36,40,41,42,43,44)/p+1/t11-,12-,13-,14-,17-,18-,23-,24-/m1/s1. The van der Waals surface area contributed by atoms with Gasteiger partial charge >= 0.3 is 16.0 Å². The highest BCUT2D eigenvalue weighted by Gasteiger charge is 2.54. The Kier molecular flexibility index (Phi) is 10.4. The number of hydrogen-bond donors (Lipinski definition) is 8. The molecular weight excluding hydrogens is 746 g/mol. The molecule has 284 valence electrons. The van der Waals surface area contributed by atoms with Crippen LogP contribution in [-0.4, -0.2) is 112 Å². The fraction of sp³-hybridized carbons (Fsp3) is 0.615. The molecule has 4 aromatic heterocycles. The van der Waals surface area contributed by atoms with Crippen LogP contribution in [0.5, 0.6) is 0 Å². The highest BCUT2D eigenvalue weighted by atomic mass is 31.2. The van der Waals surface area contributed by atoms with Crippen LogP contribution >= 0.6 is 16.0 Å². The molecule has 0 saturated carbocycles. The van der Waals surface area contributed by atoms with Crippen molar-refractivity contribution >= 4 is 58.4 Å². The number of ether oxygens (including phenoxy) is 2. The van der Waals surface area contributed by atoms with Crippen molar-refractivity contribution in [2.75, 3.05) is 24.7 Å². The molecule has 6 heterocycles. The molecule has 0 amide bonds. The maximum Gasteiger partial charge on any atom is 0.694 e. The van der Waals surface area contributed by atoms with Crippen LogP contribution in [0.4, 0.5) is 11.8 Å². The normalized spacial score (nSPS) is 28.5. The number of H-pyrrole nitrogens is 1. The summed E-state index contributed by atoms with van der Waals surface area (Å²) in [5.74, 6) is -0.0796. The molecule has 2 unspecified atom stereocenters. The third kappa shape index (κ3) is 7.39. The smallest absolute Gasteiger partial charge is 0.408 e. The van der Waals surface area contributed by atoms with Crippen LogP contribution in [0.3, 0.4) is 0 Å². The van der Waals surface area contributed by atoms with E-state index in [0.29, 0.717) is 0 Å². The molecule has 2 saturated heterocycles. The Bertz CT molecular complexity index is 2080. The number of aliphatic hydroxyl groups is 1. The number of aromatic nitrogens is 8. The molecule has 2 aliphatic rings. The van der Waals surface area contributed by atoms with Crippen LogP contribution in [0.2, 0.25) is 18.1 Å². The lowest BCUT2D eigenvalue weighted by Crippen LogP contribution is -2.52. The first-order valence-corrected chi connectivity index (χ1v) is 21.5. The predicted molar refractivity (Wildman–Crippen MR) is 185 cm³/mol. The number of imidazole rings is 2. The van der Waals surface area contributed by atoms with Gasteiger partial charge in [-0.05, 0) is 18.1 Å². The van der Waals surface area contributed by atoms with Gasteiger partial charge in [0.15, 0.2) is 43.4 Å². The average molecular weight is 788 g/mol. The fourth-order valence-electron chi connectivity index (χ4n) is 5.77. The minimum absolute atomic E-state index is 0.0346. The second-order valence-electron chi connectivity index (χ2n) is 13.9. The predicted octanol–water partition coefficient (Wildman–Crippen LogP) is -0.261. The quantitative estimate of drug-likeness (QED) is 0.0677. The maximum atomic E-state index is 13.8. The molecular formula is C26H41N12O11P2Si+. The van der Waals surface area contributed by atoms with Crippen LogP contribution in [-0.2, 0) is 32.1 Å². The number of aromatic amines is 1. The van der Waals surface area contributed by atoms with Crippen LogP contribution in [0.15, 0.2) is 23.8 Å². The summed E-state index contributed by atoms with van der Waals surface area (Å²) >= 11 is 0. The number of fused-ring (bicyclic) bond motifs is 2. The Hall–Kier alpha value is -3.35. The van der Waals surface area contributed by atoms with E-state index in [1.807, 2.05) is 33.9 Å². The van der Waals surface area contributed by atoms with Crippen LogP contribution in [0, 0.1) is 0 Å². The van der Waals surface area contributed by atoms with Gasteiger partial charge in [0.1, 0.15) is 42.9 Å². The highest BCUT2D eigenvalue weighted by Crippen LogP contribution is 2.47. The third-order valence-electron chi connectivity index (χ3n) is 9.48. The lowest BCUT2D eigenvalue weighted by atomic mass is 10.1. The average Bonchev–Trinajstić information content (AvgIpc) is 3.80. The number of aliphatic hydroxyl groups excluding tert-OH is 1. The number of nitrogen functional groups attached to an aromatic ring is 2. The van der Waals surface area contributed by atoms with Crippen molar-refractivity contribution in [2.24, 2.45) is 5.73 Å². The SMILES string of the molecule is CC(C)(C)[Si](C)(C)O[C@@H]1[C@H](NP(=O)(O)OC[C@H]2O[C@@H](n3cnc4c(N)ncnc43)[C@H](O)[C@@H]2N)[C@@H](CO[P+](=O)O)O[C@H]1n1cnc2c(=O)[nH]c(N)nc21. The van der Waals surface area contributed by atoms with Gasteiger partial charge in [0, 0.05) is 4.57 Å². The molecule has 52 heavy (non-hydrogen) atoms. The molecule has 0 bridgehead atoms. The van der Waals surface area contributed by atoms with Crippen molar-refractivity contribution < 1.29 is 47.0 Å². The molecule has 0 aromatic carbocycles. The van der Waals surface area contributed by atoms with E-state index < -0.39 is 92.0 Å². The number of nitrogens with zero attached hydrogens (tertiary/aromatic N) is 7. The minimum atomic E-state index is -4.84. The number of anilines is 2. The van der Waals surface area contributed by atoms with Gasteiger partial charge in [0.2, 0.25) is 5.95 Å². The molecule has 23 nitrogen and oxygen atoms in total. The summed E-state index contributed by atoms with van der Waals surface area (Å²) < 4.78 is 57.7. The first kappa shape index (κ1) is 38.4. The minimum Gasteiger partial charge on any atom is -0.408 e. The molecule has 0 radical (unpaired) electrons. The Morgan fingerprint density at radius 2 is 1.71 bits per heavy atom. The summed E-state index contributed by atoms with van der Waals surface area (Å²) in [5, 5.41) is 13.2. The van der Waals surface area contributed by atoms with Crippen molar-refractivity contribution in [3.8, 4) is 0 Å². The van der Waals surface area contributed by atoms with E-state index in [0.717, 1.165) is 0 Å². The van der Waals surface area contributed by atoms with Gasteiger partial charge in [-0.2, -0.15) is 4.98 Å². The Morgan fingerprint density at radius 3 is 2.38 bits per heavy atom. The van der Waals surface area contributed by atoms with E-state index >= 15 is 0 Å². The Balaban J connectivity index is 1.28. The summed E-state index contributed by atoms with van der Waals surface area (Å²) in [5.41, 5.74) is 17.9. The van der Waals surface area contributed by atoms with Crippen LogP contribution < -0.4 is 27.8 Å². The van der Waals surface area contributed by atoms with Gasteiger partial charge in [0.25, 0.3) is 5.56 Å². The summed E-state index contributed by atoms with van der Waals surface area (Å²) in [6, 6.07) is -2.31. The zero-order chi connectivity index (χ0) is 37.9. The van der Waals surface area contributed by atoms with Crippen molar-refractivity contribution in [1.82, 2.24) is 44.1 Å². The number of hydrogen-bond acceptors (Lipinski definition) is 17. The van der Waals surface area contributed by atoms with E-state index in [9.17, 15) is 28.8 Å². The van der Waals surface area contributed by atoms with E-state index in [1.54, 1.807) is 0 Å². The summed E-state index contributed by atoms with van der Waals surface area (Å²) in [6.45, 7) is 8.75. The second kappa shape index (κ2) is 14.1. The van der Waals surface area contributed by atoms with Gasteiger partial charge in [-0.3, -0.25) is 23.4 Å². The lowest BCUT2D eigenvalue weighted by molar-refractivity contribution is -0.0472. The molecule has 26 heteroatoms. The van der Waals surface area contributed by atoms with Gasteiger partial charge in [-0.25, -0.2) is 29.6 Å². The molecule has 11 N–H and O–H groups in total. The van der Waals surface area contributed by atoms with Crippen molar-refractivity contribution in [3.63, 3.8) is 0 Å². The summed E-state index contributed by atoms with van der Waals surface area (Å²) in [6.07, 6.45) is -3.11. The van der Waals surface area contributed by atoms with E-state index in [2.05, 4.69) is 35.0 Å². The number of nitrogens with one attached hydrogen (secondary N) is 2. The zero-order valence-electron chi connectivity index (χ0n) is 28.6. The highest BCUT2D eigenvalue weighted by molar-refractivity contribution is 7.50. The number of rotatable bonds is 12. The van der Waals surface area contributed by atoms with Gasteiger partial charge in [-0.15, -0.1) is 9.42 Å². The van der Waals surface area contributed by atoms with Crippen LogP contribution in [0.25, 0.3) is 22.3 Å². The van der Waals surface area contributed by atoms with Gasteiger partial charge < -0.3 is 41.1 Å². The monoisotopic (exact) mass is 787 g/mol. The molecule has 4 aromatic rings. The van der Waals surface area contributed by atoms with Crippen molar-refractivity contribution in [1.29, 1.82) is 0 Å². The van der Waals surface area contributed by atoms with E-state index in [1.165, 1.54) is 28.1 Å². The second-order valence-corrected chi connectivity index (χ2v) is 21.0. The molecule has 10 atom stereocenters.